The Hall–Kier alpha value is -2.57. The van der Waals surface area contributed by atoms with E-state index in [1.54, 1.807) is 12.1 Å². The third kappa shape index (κ3) is 4.50. The number of ether oxygens (including phenoxy) is 1. The second kappa shape index (κ2) is 10.1. The number of benzene rings is 2. The first-order valence-corrected chi connectivity index (χ1v) is 13.7. The van der Waals surface area contributed by atoms with Gasteiger partial charge in [0.1, 0.15) is 11.4 Å². The van der Waals surface area contributed by atoms with Gasteiger partial charge in [-0.05, 0) is 81.4 Å². The zero-order valence-corrected chi connectivity index (χ0v) is 22.0. The molecule has 2 saturated heterocycles. The Labute approximate surface area is 218 Å². The van der Waals surface area contributed by atoms with Crippen molar-refractivity contribution in [1.82, 2.24) is 15.1 Å². The summed E-state index contributed by atoms with van der Waals surface area (Å²) in [5.74, 6) is 1.06. The molecular weight excluding hydrogens is 474 g/mol. The lowest BCUT2D eigenvalue weighted by Gasteiger charge is -2.45. The summed E-state index contributed by atoms with van der Waals surface area (Å²) >= 11 is 6.32. The van der Waals surface area contributed by atoms with Crippen LogP contribution in [-0.4, -0.2) is 53.5 Å². The average molecular weight is 510 g/mol. The standard InChI is InChI=1S/C29H36ClN3O3/c1-3-28(4-2)20-29(24-19-23(30)11-12-25(24)36-28)26(34)33(27(35)31-29)16-8-15-32-17-13-22(14-18-32)21-9-6-5-7-10-21/h5-7,9-12,19,22H,3-4,8,13-18,20H2,1-2H3,(H,31,35). The summed E-state index contributed by atoms with van der Waals surface area (Å²) in [5.41, 5.74) is 0.448. The van der Waals surface area contributed by atoms with E-state index in [4.69, 9.17) is 16.3 Å². The maximum absolute atomic E-state index is 13.9. The molecule has 3 aliphatic rings. The minimum atomic E-state index is -1.13. The van der Waals surface area contributed by atoms with Crippen LogP contribution >= 0.6 is 11.6 Å². The van der Waals surface area contributed by atoms with Gasteiger partial charge in [0.15, 0.2) is 5.54 Å². The van der Waals surface area contributed by atoms with E-state index in [1.807, 2.05) is 6.07 Å². The van der Waals surface area contributed by atoms with Gasteiger partial charge in [0, 0.05) is 23.6 Å². The van der Waals surface area contributed by atoms with Crippen molar-refractivity contribution in [2.75, 3.05) is 26.2 Å². The summed E-state index contributed by atoms with van der Waals surface area (Å²) in [7, 11) is 0. The number of carbonyl (C=O) groups excluding carboxylic acids is 2. The molecule has 3 amide bonds. The summed E-state index contributed by atoms with van der Waals surface area (Å²) in [6.07, 6.45) is 4.95. The summed E-state index contributed by atoms with van der Waals surface area (Å²) in [6, 6.07) is 15.8. The lowest BCUT2D eigenvalue weighted by atomic mass is 9.74. The van der Waals surface area contributed by atoms with Gasteiger partial charge in [-0.15, -0.1) is 0 Å². The number of fused-ring (bicyclic) bond motifs is 2. The van der Waals surface area contributed by atoms with Crippen LogP contribution in [0.5, 0.6) is 5.75 Å². The molecule has 36 heavy (non-hydrogen) atoms. The maximum atomic E-state index is 13.9. The Morgan fingerprint density at radius 3 is 2.44 bits per heavy atom. The van der Waals surface area contributed by atoms with Gasteiger partial charge in [-0.2, -0.15) is 0 Å². The van der Waals surface area contributed by atoms with E-state index in [0.717, 1.165) is 51.7 Å². The van der Waals surface area contributed by atoms with E-state index < -0.39 is 11.1 Å². The second-order valence-corrected chi connectivity index (χ2v) is 10.9. The zero-order chi connectivity index (χ0) is 25.3. The number of nitrogens with one attached hydrogen (secondary N) is 1. The van der Waals surface area contributed by atoms with Crippen molar-refractivity contribution < 1.29 is 14.3 Å². The highest BCUT2D eigenvalue weighted by Gasteiger charge is 2.59. The van der Waals surface area contributed by atoms with Crippen molar-refractivity contribution in [3.05, 3.63) is 64.7 Å². The van der Waals surface area contributed by atoms with Crippen LogP contribution in [0.1, 0.15) is 69.4 Å². The van der Waals surface area contributed by atoms with Gasteiger partial charge in [-0.25, -0.2) is 4.79 Å². The Balaban J connectivity index is 1.25. The molecule has 2 fully saturated rings. The topological polar surface area (TPSA) is 61.9 Å². The minimum Gasteiger partial charge on any atom is -0.487 e. The third-order valence-corrected chi connectivity index (χ3v) is 8.73. The van der Waals surface area contributed by atoms with Crippen molar-refractivity contribution in [3.63, 3.8) is 0 Å². The van der Waals surface area contributed by atoms with Crippen molar-refractivity contribution in [2.45, 2.75) is 69.4 Å². The molecule has 0 aliphatic carbocycles. The predicted molar refractivity (Wildman–Crippen MR) is 141 cm³/mol. The summed E-state index contributed by atoms with van der Waals surface area (Å²) in [6.45, 7) is 7.51. The summed E-state index contributed by atoms with van der Waals surface area (Å²) in [4.78, 5) is 30.9. The second-order valence-electron chi connectivity index (χ2n) is 10.5. The van der Waals surface area contributed by atoms with E-state index in [1.165, 1.54) is 10.5 Å². The van der Waals surface area contributed by atoms with Crippen LogP contribution in [0.15, 0.2) is 48.5 Å². The smallest absolute Gasteiger partial charge is 0.325 e. The molecule has 2 aromatic carbocycles. The molecule has 1 N–H and O–H groups in total. The molecule has 3 heterocycles. The maximum Gasteiger partial charge on any atom is 0.325 e. The largest absolute Gasteiger partial charge is 0.487 e. The van der Waals surface area contributed by atoms with E-state index in [0.29, 0.717) is 35.2 Å². The Morgan fingerprint density at radius 1 is 1.03 bits per heavy atom. The molecule has 7 heteroatoms. The number of hydrogen-bond acceptors (Lipinski definition) is 4. The SMILES string of the molecule is CCC1(CC)CC2(NC(=O)N(CCCN3CCC(c4ccccc4)CC3)C2=O)c2cc(Cl)ccc2O1. The van der Waals surface area contributed by atoms with Gasteiger partial charge < -0.3 is 15.0 Å². The number of nitrogens with zero attached hydrogens (tertiary/aromatic N) is 2. The van der Waals surface area contributed by atoms with Crippen LogP contribution in [0.4, 0.5) is 4.79 Å². The lowest BCUT2D eigenvalue weighted by molar-refractivity contribution is -0.135. The molecule has 0 saturated carbocycles. The molecular formula is C29H36ClN3O3. The highest BCUT2D eigenvalue weighted by atomic mass is 35.5. The molecule has 1 spiro atoms. The Bertz CT molecular complexity index is 1110. The van der Waals surface area contributed by atoms with E-state index in [9.17, 15) is 9.59 Å². The number of likely N-dealkylation sites (tertiary alicyclic amines) is 1. The number of hydrogen-bond donors (Lipinski definition) is 1. The van der Waals surface area contributed by atoms with Crippen LogP contribution in [0.25, 0.3) is 0 Å². The van der Waals surface area contributed by atoms with Crippen molar-refractivity contribution in [3.8, 4) is 5.75 Å². The molecule has 0 radical (unpaired) electrons. The lowest BCUT2D eigenvalue weighted by Crippen LogP contribution is -2.55. The number of imide groups is 1. The van der Waals surface area contributed by atoms with Gasteiger partial charge in [0.25, 0.3) is 5.91 Å². The van der Waals surface area contributed by atoms with Gasteiger partial charge in [0.05, 0.1) is 0 Å². The van der Waals surface area contributed by atoms with Gasteiger partial charge >= 0.3 is 6.03 Å². The number of carbonyl (C=O) groups is 2. The van der Waals surface area contributed by atoms with Crippen LogP contribution in [0, 0.1) is 0 Å². The van der Waals surface area contributed by atoms with Crippen LogP contribution in [0.2, 0.25) is 5.02 Å². The monoisotopic (exact) mass is 509 g/mol. The molecule has 1 atom stereocenters. The summed E-state index contributed by atoms with van der Waals surface area (Å²) in [5, 5.41) is 3.60. The fraction of sp³-hybridized carbons (Fsp3) is 0.517. The van der Waals surface area contributed by atoms with Gasteiger partial charge in [-0.1, -0.05) is 55.8 Å². The van der Waals surface area contributed by atoms with Crippen LogP contribution in [0.3, 0.4) is 0 Å². The van der Waals surface area contributed by atoms with E-state index >= 15 is 0 Å². The Morgan fingerprint density at radius 2 is 1.75 bits per heavy atom. The zero-order valence-electron chi connectivity index (χ0n) is 21.3. The minimum absolute atomic E-state index is 0.187. The van der Waals surface area contributed by atoms with Gasteiger partial charge in [0.2, 0.25) is 0 Å². The molecule has 0 aromatic heterocycles. The molecule has 3 aliphatic heterocycles. The molecule has 5 rings (SSSR count). The fourth-order valence-electron chi connectivity index (χ4n) is 6.22. The first-order valence-electron chi connectivity index (χ1n) is 13.3. The van der Waals surface area contributed by atoms with Crippen molar-refractivity contribution >= 4 is 23.5 Å². The quantitative estimate of drug-likeness (QED) is 0.486. The number of halogens is 1. The predicted octanol–water partition coefficient (Wildman–Crippen LogP) is 5.70. The van der Waals surface area contributed by atoms with Gasteiger partial charge in [-0.3, -0.25) is 9.69 Å². The molecule has 1 unspecified atom stereocenters. The highest BCUT2D eigenvalue weighted by molar-refractivity contribution is 6.30. The number of urea groups is 1. The molecule has 2 aromatic rings. The van der Waals surface area contributed by atoms with Crippen LogP contribution < -0.4 is 10.1 Å². The Kier molecular flexibility index (Phi) is 7.01. The van der Waals surface area contributed by atoms with E-state index in [-0.39, 0.29) is 11.9 Å². The fourth-order valence-corrected chi connectivity index (χ4v) is 6.39. The van der Waals surface area contributed by atoms with Crippen LogP contribution in [-0.2, 0) is 10.3 Å². The highest BCUT2D eigenvalue weighted by Crippen LogP contribution is 2.49. The van der Waals surface area contributed by atoms with Crippen molar-refractivity contribution in [1.29, 1.82) is 0 Å². The first-order chi connectivity index (χ1) is 17.4. The third-order valence-electron chi connectivity index (χ3n) is 8.49. The molecule has 6 nitrogen and oxygen atoms in total. The number of piperidine rings is 1. The molecule has 192 valence electrons. The normalized spacial score (nSPS) is 24.0. The number of rotatable bonds is 7. The first kappa shape index (κ1) is 25.1. The van der Waals surface area contributed by atoms with E-state index in [2.05, 4.69) is 54.4 Å². The van der Waals surface area contributed by atoms with Crippen molar-refractivity contribution in [2.24, 2.45) is 0 Å². The molecule has 0 bridgehead atoms. The summed E-state index contributed by atoms with van der Waals surface area (Å²) < 4.78 is 6.39. The average Bonchev–Trinajstić information content (AvgIpc) is 3.14. The number of amides is 3.